The molecule has 0 atom stereocenters. The van der Waals surface area contributed by atoms with Gasteiger partial charge in [-0.1, -0.05) is 12.1 Å². The largest absolute Gasteiger partial charge is 0.341 e. The van der Waals surface area contributed by atoms with E-state index in [0.717, 1.165) is 30.2 Å². The topological polar surface area (TPSA) is 66.5 Å². The summed E-state index contributed by atoms with van der Waals surface area (Å²) in [5, 5.41) is 0. The Morgan fingerprint density at radius 2 is 1.86 bits per heavy atom. The van der Waals surface area contributed by atoms with Crippen molar-refractivity contribution in [2.75, 3.05) is 31.6 Å². The Hall–Kier alpha value is -1.05. The van der Waals surface area contributed by atoms with E-state index in [1.165, 1.54) is 7.05 Å². The number of sulfonamides is 1. The molecule has 1 amide bonds. The average Bonchev–Trinajstić information content (AvgIpc) is 2.54. The maximum atomic E-state index is 12.1. The highest BCUT2D eigenvalue weighted by atomic mass is 32.2. The number of amides is 1. The average molecular weight is 328 g/mol. The molecule has 1 heterocycles. The minimum Gasteiger partial charge on any atom is -0.341 e. The van der Waals surface area contributed by atoms with Gasteiger partial charge in [0.2, 0.25) is 15.9 Å². The summed E-state index contributed by atoms with van der Waals surface area (Å²) in [5.41, 5.74) is 0.977. The first-order chi connectivity index (χ1) is 10.0. The predicted molar refractivity (Wildman–Crippen MR) is 84.9 cm³/mol. The standard InChI is InChI=1S/C14H20N2O3S2/c1-15-21(18,19)13-5-2-12(3-6-13)4-7-14(17)16-8-10-20-11-9-16/h2-3,5-6,15H,4,7-11H2,1H3. The van der Waals surface area contributed by atoms with Crippen molar-refractivity contribution in [3.8, 4) is 0 Å². The Balaban J connectivity index is 1.90. The third kappa shape index (κ3) is 4.46. The first-order valence-electron chi connectivity index (χ1n) is 6.91. The van der Waals surface area contributed by atoms with Gasteiger partial charge in [0.05, 0.1) is 4.90 Å². The van der Waals surface area contributed by atoms with Crippen molar-refractivity contribution in [3.63, 3.8) is 0 Å². The van der Waals surface area contributed by atoms with Gasteiger partial charge in [-0.15, -0.1) is 0 Å². The molecule has 5 nitrogen and oxygen atoms in total. The predicted octanol–water partition coefficient (Wildman–Crippen LogP) is 1.10. The molecule has 0 spiro atoms. The van der Waals surface area contributed by atoms with E-state index in [2.05, 4.69) is 4.72 Å². The van der Waals surface area contributed by atoms with Crippen LogP contribution >= 0.6 is 11.8 Å². The van der Waals surface area contributed by atoms with Crippen molar-refractivity contribution in [3.05, 3.63) is 29.8 Å². The summed E-state index contributed by atoms with van der Waals surface area (Å²) in [7, 11) is -2.00. The third-order valence-electron chi connectivity index (χ3n) is 3.49. The number of thioether (sulfide) groups is 1. The summed E-state index contributed by atoms with van der Waals surface area (Å²) in [4.78, 5) is 14.2. The highest BCUT2D eigenvalue weighted by molar-refractivity contribution is 7.99. The fourth-order valence-electron chi connectivity index (χ4n) is 2.18. The molecule has 0 bridgehead atoms. The van der Waals surface area contributed by atoms with Gasteiger partial charge in [0, 0.05) is 31.0 Å². The molecule has 1 N–H and O–H groups in total. The van der Waals surface area contributed by atoms with E-state index >= 15 is 0 Å². The number of hydrogen-bond acceptors (Lipinski definition) is 4. The van der Waals surface area contributed by atoms with Crippen molar-refractivity contribution >= 4 is 27.7 Å². The normalized spacial score (nSPS) is 16.0. The zero-order valence-electron chi connectivity index (χ0n) is 12.0. The molecule has 1 aromatic rings. The number of nitrogens with zero attached hydrogens (tertiary/aromatic N) is 1. The molecule has 116 valence electrons. The van der Waals surface area contributed by atoms with Gasteiger partial charge in [-0.2, -0.15) is 11.8 Å². The maximum Gasteiger partial charge on any atom is 0.240 e. The van der Waals surface area contributed by atoms with Gasteiger partial charge in [0.15, 0.2) is 0 Å². The van der Waals surface area contributed by atoms with Gasteiger partial charge < -0.3 is 4.90 Å². The molecule has 21 heavy (non-hydrogen) atoms. The Morgan fingerprint density at radius 3 is 2.43 bits per heavy atom. The molecule has 1 aliphatic heterocycles. The molecule has 1 aliphatic rings. The van der Waals surface area contributed by atoms with Crippen molar-refractivity contribution in [1.29, 1.82) is 0 Å². The summed E-state index contributed by atoms with van der Waals surface area (Å²) in [6.45, 7) is 1.67. The number of carbonyl (C=O) groups is 1. The molecule has 0 unspecified atom stereocenters. The van der Waals surface area contributed by atoms with Crippen LogP contribution in [0, 0.1) is 0 Å². The molecule has 1 saturated heterocycles. The van der Waals surface area contributed by atoms with Crippen LogP contribution in [0.25, 0.3) is 0 Å². The second-order valence-electron chi connectivity index (χ2n) is 4.84. The second kappa shape index (κ2) is 7.29. The number of aryl methyl sites for hydroxylation is 1. The highest BCUT2D eigenvalue weighted by Gasteiger charge is 2.16. The molecular formula is C14H20N2O3S2. The van der Waals surface area contributed by atoms with E-state index in [0.29, 0.717) is 12.8 Å². The molecule has 0 aromatic heterocycles. The molecule has 0 radical (unpaired) electrons. The van der Waals surface area contributed by atoms with Crippen LogP contribution in [0.1, 0.15) is 12.0 Å². The monoisotopic (exact) mass is 328 g/mol. The maximum absolute atomic E-state index is 12.1. The van der Waals surface area contributed by atoms with Crippen molar-refractivity contribution < 1.29 is 13.2 Å². The first kappa shape index (κ1) is 16.3. The summed E-state index contributed by atoms with van der Waals surface area (Å²) >= 11 is 1.88. The number of rotatable bonds is 5. The lowest BCUT2D eigenvalue weighted by Gasteiger charge is -2.26. The van der Waals surface area contributed by atoms with Crippen LogP contribution in [0.5, 0.6) is 0 Å². The van der Waals surface area contributed by atoms with Gasteiger partial charge in [0.25, 0.3) is 0 Å². The summed E-state index contributed by atoms with van der Waals surface area (Å²) in [6, 6.07) is 6.68. The van der Waals surface area contributed by atoms with E-state index < -0.39 is 10.0 Å². The van der Waals surface area contributed by atoms with Crippen LogP contribution in [0.2, 0.25) is 0 Å². The number of nitrogens with one attached hydrogen (secondary N) is 1. The lowest BCUT2D eigenvalue weighted by atomic mass is 10.1. The van der Waals surface area contributed by atoms with Crippen molar-refractivity contribution in [1.82, 2.24) is 9.62 Å². The van der Waals surface area contributed by atoms with Gasteiger partial charge in [-0.05, 0) is 31.2 Å². The summed E-state index contributed by atoms with van der Waals surface area (Å²) in [5.74, 6) is 2.21. The van der Waals surface area contributed by atoms with Gasteiger partial charge in [0.1, 0.15) is 0 Å². The summed E-state index contributed by atoms with van der Waals surface area (Å²) in [6.07, 6.45) is 1.12. The van der Waals surface area contributed by atoms with Crippen LogP contribution in [-0.4, -0.2) is 50.9 Å². The minimum absolute atomic E-state index is 0.183. The zero-order valence-corrected chi connectivity index (χ0v) is 13.7. The Bertz CT molecular complexity index is 579. The van der Waals surface area contributed by atoms with Crippen molar-refractivity contribution in [2.45, 2.75) is 17.7 Å². The van der Waals surface area contributed by atoms with Crippen LogP contribution in [-0.2, 0) is 21.2 Å². The molecule has 1 fully saturated rings. The molecule has 2 rings (SSSR count). The van der Waals surface area contributed by atoms with Crippen LogP contribution in [0.4, 0.5) is 0 Å². The Labute approximate surface area is 130 Å². The molecule has 0 saturated carbocycles. The lowest BCUT2D eigenvalue weighted by molar-refractivity contribution is -0.130. The Kier molecular flexibility index (Phi) is 5.66. The number of hydrogen-bond donors (Lipinski definition) is 1. The highest BCUT2D eigenvalue weighted by Crippen LogP contribution is 2.14. The van der Waals surface area contributed by atoms with E-state index in [-0.39, 0.29) is 10.8 Å². The molecule has 7 heteroatoms. The number of benzene rings is 1. The molecule has 1 aromatic carbocycles. The zero-order chi connectivity index (χ0) is 15.3. The van der Waals surface area contributed by atoms with E-state index in [9.17, 15) is 13.2 Å². The smallest absolute Gasteiger partial charge is 0.240 e. The lowest BCUT2D eigenvalue weighted by Crippen LogP contribution is -2.37. The molecule has 0 aliphatic carbocycles. The van der Waals surface area contributed by atoms with Gasteiger partial charge in [-0.25, -0.2) is 13.1 Å². The Morgan fingerprint density at radius 1 is 1.24 bits per heavy atom. The quantitative estimate of drug-likeness (QED) is 0.879. The van der Waals surface area contributed by atoms with Crippen molar-refractivity contribution in [2.24, 2.45) is 0 Å². The van der Waals surface area contributed by atoms with Crippen LogP contribution in [0.15, 0.2) is 29.2 Å². The fourth-order valence-corrected chi connectivity index (χ4v) is 3.81. The van der Waals surface area contributed by atoms with E-state index in [1.54, 1.807) is 24.3 Å². The van der Waals surface area contributed by atoms with E-state index in [1.807, 2.05) is 16.7 Å². The van der Waals surface area contributed by atoms with E-state index in [4.69, 9.17) is 0 Å². The van der Waals surface area contributed by atoms with Gasteiger partial charge >= 0.3 is 0 Å². The number of carbonyl (C=O) groups excluding carboxylic acids is 1. The fraction of sp³-hybridized carbons (Fsp3) is 0.500. The summed E-state index contributed by atoms with van der Waals surface area (Å²) < 4.78 is 25.5. The molecular weight excluding hydrogens is 308 g/mol. The minimum atomic E-state index is -3.39. The van der Waals surface area contributed by atoms with Crippen LogP contribution < -0.4 is 4.72 Å². The SMILES string of the molecule is CNS(=O)(=O)c1ccc(CCC(=O)N2CCSCC2)cc1. The third-order valence-corrected chi connectivity index (χ3v) is 5.87. The van der Waals surface area contributed by atoms with Crippen LogP contribution in [0.3, 0.4) is 0 Å². The first-order valence-corrected chi connectivity index (χ1v) is 9.55. The second-order valence-corrected chi connectivity index (χ2v) is 7.96. The van der Waals surface area contributed by atoms with Gasteiger partial charge in [-0.3, -0.25) is 4.79 Å².